The van der Waals surface area contributed by atoms with Gasteiger partial charge < -0.3 is 9.84 Å². The molecule has 23 heavy (non-hydrogen) atoms. The minimum atomic E-state index is -3.65. The first-order valence-corrected chi connectivity index (χ1v) is 9.82. The number of aliphatic hydroxyl groups is 1. The summed E-state index contributed by atoms with van der Waals surface area (Å²) in [4.78, 5) is 12.0. The summed E-state index contributed by atoms with van der Waals surface area (Å²) in [5.74, 6) is -0.601. The van der Waals surface area contributed by atoms with Crippen molar-refractivity contribution >= 4 is 16.1 Å². The fraction of sp³-hybridized carbons (Fsp3) is 0.812. The van der Waals surface area contributed by atoms with Crippen LogP contribution in [0.25, 0.3) is 0 Å². The van der Waals surface area contributed by atoms with Crippen molar-refractivity contribution in [3.05, 3.63) is 12.2 Å². The van der Waals surface area contributed by atoms with Crippen LogP contribution >= 0.6 is 0 Å². The number of ether oxygens (including phenoxy) is 1. The highest BCUT2D eigenvalue weighted by Gasteiger charge is 2.61. The molecular formula is C16H24O6S. The molecular weight excluding hydrogens is 320 g/mol. The van der Waals surface area contributed by atoms with Crippen LogP contribution in [0.2, 0.25) is 0 Å². The quantitative estimate of drug-likeness (QED) is 0.461. The maximum Gasteiger partial charge on any atom is 0.309 e. The molecule has 0 unspecified atom stereocenters. The molecule has 0 spiro atoms. The molecule has 2 saturated carbocycles. The molecule has 7 heteroatoms. The van der Waals surface area contributed by atoms with E-state index in [1.54, 1.807) is 0 Å². The molecule has 1 saturated heterocycles. The lowest BCUT2D eigenvalue weighted by molar-refractivity contribution is -0.153. The second-order valence-electron chi connectivity index (χ2n) is 7.49. The summed E-state index contributed by atoms with van der Waals surface area (Å²) in [5, 5.41) is 10.3. The zero-order chi connectivity index (χ0) is 17.2. The molecule has 0 aromatic carbocycles. The van der Waals surface area contributed by atoms with Crippen LogP contribution < -0.4 is 0 Å². The third-order valence-electron chi connectivity index (χ3n) is 6.03. The van der Waals surface area contributed by atoms with Gasteiger partial charge in [0.2, 0.25) is 0 Å². The Morgan fingerprint density at radius 1 is 1.43 bits per heavy atom. The molecule has 130 valence electrons. The second kappa shape index (κ2) is 5.29. The van der Waals surface area contributed by atoms with E-state index < -0.39 is 27.7 Å². The predicted octanol–water partition coefficient (Wildman–Crippen LogP) is 1.25. The van der Waals surface area contributed by atoms with Gasteiger partial charge in [-0.3, -0.25) is 8.98 Å². The molecule has 1 heterocycles. The van der Waals surface area contributed by atoms with Crippen molar-refractivity contribution in [2.75, 3.05) is 6.26 Å². The van der Waals surface area contributed by atoms with Gasteiger partial charge in [-0.05, 0) is 18.4 Å². The molecule has 0 bridgehead atoms. The Morgan fingerprint density at radius 2 is 2.09 bits per heavy atom. The molecule has 1 N–H and O–H groups in total. The van der Waals surface area contributed by atoms with Crippen molar-refractivity contribution in [3.63, 3.8) is 0 Å². The molecule has 0 aromatic heterocycles. The fourth-order valence-corrected chi connectivity index (χ4v) is 5.43. The van der Waals surface area contributed by atoms with Crippen LogP contribution in [-0.2, 0) is 23.8 Å². The molecule has 7 atom stereocenters. The maximum absolute atomic E-state index is 12.0. The molecule has 6 nitrogen and oxygen atoms in total. The van der Waals surface area contributed by atoms with Gasteiger partial charge in [0.25, 0.3) is 10.1 Å². The Morgan fingerprint density at radius 3 is 2.70 bits per heavy atom. The van der Waals surface area contributed by atoms with E-state index in [9.17, 15) is 18.3 Å². The molecule has 3 rings (SSSR count). The van der Waals surface area contributed by atoms with Crippen LogP contribution in [0.3, 0.4) is 0 Å². The van der Waals surface area contributed by atoms with Crippen molar-refractivity contribution in [2.24, 2.45) is 23.2 Å². The maximum atomic E-state index is 12.0. The van der Waals surface area contributed by atoms with Gasteiger partial charge in [-0.1, -0.05) is 20.4 Å². The molecule has 0 aromatic rings. The van der Waals surface area contributed by atoms with E-state index in [0.29, 0.717) is 12.0 Å². The lowest BCUT2D eigenvalue weighted by Crippen LogP contribution is -2.57. The van der Waals surface area contributed by atoms with E-state index in [-0.39, 0.29) is 36.2 Å². The van der Waals surface area contributed by atoms with Crippen LogP contribution in [0, 0.1) is 23.2 Å². The number of carbonyl (C=O) groups excluding carboxylic acids is 1. The second-order valence-corrected chi connectivity index (χ2v) is 9.09. The summed E-state index contributed by atoms with van der Waals surface area (Å²) >= 11 is 0. The van der Waals surface area contributed by atoms with Crippen LogP contribution in [-0.4, -0.2) is 44.1 Å². The van der Waals surface area contributed by atoms with Gasteiger partial charge >= 0.3 is 5.97 Å². The Hall–Kier alpha value is -0.920. The number of rotatable bonds is 2. The largest absolute Gasteiger partial charge is 0.461 e. The van der Waals surface area contributed by atoms with Crippen LogP contribution in [0.5, 0.6) is 0 Å². The highest BCUT2D eigenvalue weighted by molar-refractivity contribution is 7.86. The Balaban J connectivity index is 1.99. The van der Waals surface area contributed by atoms with Gasteiger partial charge in [0.1, 0.15) is 6.10 Å². The number of esters is 1. The van der Waals surface area contributed by atoms with E-state index in [2.05, 4.69) is 6.58 Å². The van der Waals surface area contributed by atoms with Gasteiger partial charge in [0, 0.05) is 23.7 Å². The zero-order valence-electron chi connectivity index (χ0n) is 13.7. The third kappa shape index (κ3) is 2.62. The summed E-state index contributed by atoms with van der Waals surface area (Å²) < 4.78 is 34.1. The topological polar surface area (TPSA) is 89.9 Å². The Bertz CT molecular complexity index is 641. The highest BCUT2D eigenvalue weighted by Crippen LogP contribution is 2.58. The smallest absolute Gasteiger partial charge is 0.309 e. The monoisotopic (exact) mass is 344 g/mol. The van der Waals surface area contributed by atoms with E-state index in [1.807, 2.05) is 13.8 Å². The van der Waals surface area contributed by atoms with Crippen LogP contribution in [0.15, 0.2) is 12.2 Å². The average molecular weight is 344 g/mol. The number of carbonyl (C=O) groups is 1. The third-order valence-corrected chi connectivity index (χ3v) is 6.62. The molecule has 0 radical (unpaired) electrons. The number of hydrogen-bond acceptors (Lipinski definition) is 6. The summed E-state index contributed by atoms with van der Waals surface area (Å²) in [5.41, 5.74) is 0.0997. The van der Waals surface area contributed by atoms with Crippen LogP contribution in [0.4, 0.5) is 0 Å². The Labute approximate surface area is 137 Å². The summed E-state index contributed by atoms with van der Waals surface area (Å²) in [7, 11) is -3.65. The first-order chi connectivity index (χ1) is 10.5. The summed E-state index contributed by atoms with van der Waals surface area (Å²) in [6, 6.07) is 0. The van der Waals surface area contributed by atoms with Gasteiger partial charge in [-0.25, -0.2) is 0 Å². The van der Waals surface area contributed by atoms with E-state index in [1.165, 1.54) is 0 Å². The van der Waals surface area contributed by atoms with Crippen molar-refractivity contribution in [1.82, 2.24) is 0 Å². The van der Waals surface area contributed by atoms with Gasteiger partial charge in [0.05, 0.1) is 24.4 Å². The summed E-state index contributed by atoms with van der Waals surface area (Å²) in [6.45, 7) is 7.84. The zero-order valence-corrected chi connectivity index (χ0v) is 14.5. The predicted molar refractivity (Wildman–Crippen MR) is 82.8 cm³/mol. The molecule has 3 fully saturated rings. The first-order valence-electron chi connectivity index (χ1n) is 8.00. The van der Waals surface area contributed by atoms with E-state index in [0.717, 1.165) is 12.7 Å². The SMILES string of the molecule is C=C1[C@H](O)C[C@H](OS(C)(=O)=O)[C@]2(C)CC[C@@H]3[C@H](OC(=O)[C@H]3C)[C@@H]12. The Kier molecular flexibility index (Phi) is 3.89. The van der Waals surface area contributed by atoms with E-state index >= 15 is 0 Å². The van der Waals surface area contributed by atoms with E-state index in [4.69, 9.17) is 8.92 Å². The van der Waals surface area contributed by atoms with Crippen molar-refractivity contribution in [1.29, 1.82) is 0 Å². The lowest BCUT2D eigenvalue weighted by Gasteiger charge is -2.54. The summed E-state index contributed by atoms with van der Waals surface area (Å²) in [6.07, 6.45) is 0.851. The standard InChI is InChI=1S/C16H24O6S/c1-8-10-5-6-16(3)12(22-23(4,19)20)7-11(17)9(2)13(16)14(10)21-15(8)18/h8,10-14,17H,2,5-7H2,1,3-4H3/t8-,10-,11+,12-,13+,14-,16-/m0/s1. The first kappa shape index (κ1) is 16.9. The minimum Gasteiger partial charge on any atom is -0.461 e. The van der Waals surface area contributed by atoms with Crippen molar-refractivity contribution in [2.45, 2.75) is 51.4 Å². The van der Waals surface area contributed by atoms with Crippen LogP contribution in [0.1, 0.15) is 33.1 Å². The fourth-order valence-electron chi connectivity index (χ4n) is 4.71. The molecule has 0 amide bonds. The number of fused-ring (bicyclic) bond motifs is 3. The highest BCUT2D eigenvalue weighted by atomic mass is 32.2. The van der Waals surface area contributed by atoms with Crippen molar-refractivity contribution < 1.29 is 27.2 Å². The normalized spacial score (nSPS) is 47.0. The minimum absolute atomic E-state index is 0.0847. The number of hydrogen-bond donors (Lipinski definition) is 1. The molecule has 3 aliphatic rings. The van der Waals surface area contributed by atoms with Crippen molar-refractivity contribution in [3.8, 4) is 0 Å². The van der Waals surface area contributed by atoms with Gasteiger partial charge in [-0.15, -0.1) is 0 Å². The lowest BCUT2D eigenvalue weighted by atomic mass is 9.53. The van der Waals surface area contributed by atoms with Gasteiger partial charge in [-0.2, -0.15) is 8.42 Å². The van der Waals surface area contributed by atoms with Gasteiger partial charge in [0.15, 0.2) is 0 Å². The molecule has 2 aliphatic carbocycles. The number of aliphatic hydroxyl groups excluding tert-OH is 1. The molecule has 1 aliphatic heterocycles. The average Bonchev–Trinajstić information content (AvgIpc) is 2.70.